The van der Waals surface area contributed by atoms with Crippen LogP contribution in [0.1, 0.15) is 22.1 Å². The maximum atomic E-state index is 12.4. The minimum atomic E-state index is -0.642. The summed E-state index contributed by atoms with van der Waals surface area (Å²) in [6, 6.07) is 11.3. The Morgan fingerprint density at radius 2 is 2.04 bits per heavy atom. The van der Waals surface area contributed by atoms with Crippen LogP contribution >= 0.6 is 15.9 Å². The van der Waals surface area contributed by atoms with Crippen molar-refractivity contribution in [2.24, 2.45) is 0 Å². The van der Waals surface area contributed by atoms with Gasteiger partial charge in [0.05, 0.1) is 25.4 Å². The number of hydrogen-bond donors (Lipinski definition) is 1. The van der Waals surface area contributed by atoms with Gasteiger partial charge in [0.2, 0.25) is 6.23 Å². The SMILES string of the molecule is COc1ccc2c(c1OC)C(=O)OC2Nc1cc(Br)cc2cccnc12. The van der Waals surface area contributed by atoms with E-state index in [1.807, 2.05) is 24.3 Å². The number of hydrogen-bond acceptors (Lipinski definition) is 6. The van der Waals surface area contributed by atoms with Crippen molar-refractivity contribution in [1.82, 2.24) is 4.98 Å². The van der Waals surface area contributed by atoms with Gasteiger partial charge >= 0.3 is 5.97 Å². The number of esters is 1. The Hall–Kier alpha value is -2.80. The Morgan fingerprint density at radius 3 is 2.81 bits per heavy atom. The molecule has 0 bridgehead atoms. The van der Waals surface area contributed by atoms with Gasteiger partial charge in [-0.1, -0.05) is 22.0 Å². The summed E-state index contributed by atoms with van der Waals surface area (Å²) in [6.45, 7) is 0. The van der Waals surface area contributed by atoms with Crippen molar-refractivity contribution in [2.45, 2.75) is 6.23 Å². The van der Waals surface area contributed by atoms with E-state index in [1.165, 1.54) is 14.2 Å². The molecule has 0 amide bonds. The fraction of sp³-hybridized carbons (Fsp3) is 0.158. The fourth-order valence-electron chi connectivity index (χ4n) is 3.11. The minimum Gasteiger partial charge on any atom is -0.493 e. The van der Waals surface area contributed by atoms with Crippen molar-refractivity contribution in [3.63, 3.8) is 0 Å². The number of carbonyl (C=O) groups excluding carboxylic acids is 1. The number of nitrogens with zero attached hydrogens (tertiary/aromatic N) is 1. The third-order valence-corrected chi connectivity index (χ3v) is 4.70. The number of halogens is 1. The van der Waals surface area contributed by atoms with E-state index in [0.29, 0.717) is 22.6 Å². The van der Waals surface area contributed by atoms with E-state index in [-0.39, 0.29) is 0 Å². The lowest BCUT2D eigenvalue weighted by Crippen LogP contribution is -2.11. The van der Waals surface area contributed by atoms with E-state index in [1.54, 1.807) is 18.3 Å². The standard InChI is InChI=1S/C19H15BrN2O4/c1-24-14-6-5-12-15(17(14)25-2)19(23)26-18(12)22-13-9-11(20)8-10-4-3-7-21-16(10)13/h3-9,18,22H,1-2H3. The molecule has 132 valence electrons. The smallest absolute Gasteiger partial charge is 0.344 e. The molecule has 0 saturated heterocycles. The summed E-state index contributed by atoms with van der Waals surface area (Å²) in [5.41, 5.74) is 2.62. The lowest BCUT2D eigenvalue weighted by atomic mass is 10.1. The number of nitrogens with one attached hydrogen (secondary N) is 1. The van der Waals surface area contributed by atoms with Crippen LogP contribution < -0.4 is 14.8 Å². The summed E-state index contributed by atoms with van der Waals surface area (Å²) in [6.07, 6.45) is 1.08. The monoisotopic (exact) mass is 414 g/mol. The van der Waals surface area contributed by atoms with E-state index in [9.17, 15) is 4.79 Å². The molecule has 0 spiro atoms. The van der Waals surface area contributed by atoms with E-state index in [0.717, 1.165) is 21.1 Å². The molecule has 1 unspecified atom stereocenters. The molecule has 4 rings (SSSR count). The molecule has 1 aliphatic heterocycles. The second-order valence-corrected chi connectivity index (χ2v) is 6.64. The fourth-order valence-corrected chi connectivity index (χ4v) is 3.59. The lowest BCUT2D eigenvalue weighted by molar-refractivity contribution is 0.0435. The predicted molar refractivity (Wildman–Crippen MR) is 101 cm³/mol. The number of anilines is 1. The number of methoxy groups -OCH3 is 2. The molecule has 1 aliphatic rings. The second-order valence-electron chi connectivity index (χ2n) is 5.72. The van der Waals surface area contributed by atoms with Crippen LogP contribution in [-0.2, 0) is 4.74 Å². The summed E-state index contributed by atoms with van der Waals surface area (Å²) in [5.74, 6) is 0.399. The molecule has 2 aromatic carbocycles. The van der Waals surface area contributed by atoms with Crippen LogP contribution in [0.4, 0.5) is 5.69 Å². The number of cyclic esters (lactones) is 1. The van der Waals surface area contributed by atoms with Gasteiger partial charge in [-0.25, -0.2) is 4.79 Å². The third kappa shape index (κ3) is 2.64. The van der Waals surface area contributed by atoms with Crippen LogP contribution in [0.5, 0.6) is 11.5 Å². The van der Waals surface area contributed by atoms with Gasteiger partial charge in [-0.05, 0) is 30.3 Å². The molecule has 1 aromatic heterocycles. The van der Waals surface area contributed by atoms with Gasteiger partial charge in [0.15, 0.2) is 11.5 Å². The maximum absolute atomic E-state index is 12.4. The number of ether oxygens (including phenoxy) is 3. The van der Waals surface area contributed by atoms with E-state index < -0.39 is 12.2 Å². The van der Waals surface area contributed by atoms with Crippen LogP contribution in [0.2, 0.25) is 0 Å². The van der Waals surface area contributed by atoms with Gasteiger partial charge in [-0.3, -0.25) is 4.98 Å². The Bertz CT molecular complexity index is 1020. The van der Waals surface area contributed by atoms with Crippen molar-refractivity contribution >= 4 is 38.5 Å². The average Bonchev–Trinajstić information content (AvgIpc) is 2.96. The van der Waals surface area contributed by atoms with Crippen molar-refractivity contribution in [3.05, 3.63) is 58.2 Å². The molecule has 0 radical (unpaired) electrons. The number of aromatic nitrogens is 1. The van der Waals surface area contributed by atoms with Crippen molar-refractivity contribution in [3.8, 4) is 11.5 Å². The highest BCUT2D eigenvalue weighted by molar-refractivity contribution is 9.10. The Balaban J connectivity index is 1.78. The van der Waals surface area contributed by atoms with Gasteiger partial charge in [-0.15, -0.1) is 0 Å². The number of pyridine rings is 1. The van der Waals surface area contributed by atoms with Gasteiger partial charge in [0, 0.05) is 21.6 Å². The van der Waals surface area contributed by atoms with Crippen molar-refractivity contribution in [1.29, 1.82) is 0 Å². The molecule has 0 fully saturated rings. The summed E-state index contributed by atoms with van der Waals surface area (Å²) in [5, 5.41) is 4.24. The Kier molecular flexibility index (Phi) is 4.16. The highest BCUT2D eigenvalue weighted by Gasteiger charge is 2.36. The van der Waals surface area contributed by atoms with Crippen LogP contribution in [0.15, 0.2) is 47.1 Å². The summed E-state index contributed by atoms with van der Waals surface area (Å²) < 4.78 is 17.1. The predicted octanol–water partition coefficient (Wildman–Crippen LogP) is 4.30. The molecule has 6 nitrogen and oxygen atoms in total. The normalized spacial score (nSPS) is 15.5. The number of carbonyl (C=O) groups is 1. The minimum absolute atomic E-state index is 0.372. The van der Waals surface area contributed by atoms with Gasteiger partial charge < -0.3 is 19.5 Å². The van der Waals surface area contributed by atoms with Crippen LogP contribution in [-0.4, -0.2) is 25.2 Å². The number of rotatable bonds is 4. The van der Waals surface area contributed by atoms with Crippen LogP contribution in [0.25, 0.3) is 10.9 Å². The zero-order valence-corrected chi connectivity index (χ0v) is 15.7. The molecule has 1 atom stereocenters. The molecular formula is C19H15BrN2O4. The lowest BCUT2D eigenvalue weighted by Gasteiger charge is -2.16. The van der Waals surface area contributed by atoms with Gasteiger partial charge in [-0.2, -0.15) is 0 Å². The Labute approximate surface area is 158 Å². The molecule has 0 aliphatic carbocycles. The first-order valence-electron chi connectivity index (χ1n) is 7.89. The third-order valence-electron chi connectivity index (χ3n) is 4.25. The first kappa shape index (κ1) is 16.7. The second kappa shape index (κ2) is 6.49. The maximum Gasteiger partial charge on any atom is 0.344 e. The molecule has 3 aromatic rings. The van der Waals surface area contributed by atoms with Crippen molar-refractivity contribution < 1.29 is 19.0 Å². The zero-order chi connectivity index (χ0) is 18.3. The molecule has 26 heavy (non-hydrogen) atoms. The largest absolute Gasteiger partial charge is 0.493 e. The van der Waals surface area contributed by atoms with E-state index in [2.05, 4.69) is 26.2 Å². The molecule has 0 saturated carbocycles. The quantitative estimate of drug-likeness (QED) is 0.641. The van der Waals surface area contributed by atoms with E-state index in [4.69, 9.17) is 14.2 Å². The zero-order valence-electron chi connectivity index (χ0n) is 14.1. The van der Waals surface area contributed by atoms with Crippen molar-refractivity contribution in [2.75, 3.05) is 19.5 Å². The first-order chi connectivity index (χ1) is 12.6. The molecule has 2 heterocycles. The molecule has 1 N–H and O–H groups in total. The highest BCUT2D eigenvalue weighted by Crippen LogP contribution is 2.42. The van der Waals surface area contributed by atoms with Crippen LogP contribution in [0, 0.1) is 0 Å². The number of benzene rings is 2. The molecular weight excluding hydrogens is 400 g/mol. The summed E-state index contributed by atoms with van der Waals surface area (Å²) in [7, 11) is 3.03. The topological polar surface area (TPSA) is 69.7 Å². The number of fused-ring (bicyclic) bond motifs is 2. The van der Waals surface area contributed by atoms with Crippen LogP contribution in [0.3, 0.4) is 0 Å². The average molecular weight is 415 g/mol. The summed E-state index contributed by atoms with van der Waals surface area (Å²) in [4.78, 5) is 16.9. The first-order valence-corrected chi connectivity index (χ1v) is 8.68. The Morgan fingerprint density at radius 1 is 1.19 bits per heavy atom. The van der Waals surface area contributed by atoms with Gasteiger partial charge in [0.25, 0.3) is 0 Å². The summed E-state index contributed by atoms with van der Waals surface area (Å²) >= 11 is 3.51. The molecule has 7 heteroatoms. The van der Waals surface area contributed by atoms with E-state index >= 15 is 0 Å². The highest BCUT2D eigenvalue weighted by atomic mass is 79.9. The van der Waals surface area contributed by atoms with Gasteiger partial charge in [0.1, 0.15) is 5.56 Å².